The van der Waals surface area contributed by atoms with E-state index in [2.05, 4.69) is 26.9 Å². The number of piperidine rings is 1. The zero-order valence-electron chi connectivity index (χ0n) is 27.2. The summed E-state index contributed by atoms with van der Waals surface area (Å²) in [5, 5.41) is 10.2. The molecule has 2 heterocycles. The van der Waals surface area contributed by atoms with Crippen molar-refractivity contribution in [2.75, 3.05) is 23.3 Å². The third-order valence-corrected chi connectivity index (χ3v) is 9.48. The number of halogens is 2. The van der Waals surface area contributed by atoms with Crippen LogP contribution in [0.3, 0.4) is 0 Å². The molecule has 0 spiro atoms. The second-order valence-corrected chi connectivity index (χ2v) is 14.0. The summed E-state index contributed by atoms with van der Waals surface area (Å²) in [5.74, 6) is 1.97. The van der Waals surface area contributed by atoms with Crippen LogP contribution in [0.2, 0.25) is 10.0 Å². The Morgan fingerprint density at radius 1 is 1.04 bits per heavy atom. The molecule has 244 valence electrons. The van der Waals surface area contributed by atoms with Crippen molar-refractivity contribution in [1.29, 1.82) is 0 Å². The molecule has 2 aromatic carbocycles. The van der Waals surface area contributed by atoms with Gasteiger partial charge >= 0.3 is 6.09 Å². The topological polar surface area (TPSA) is 101 Å². The number of ether oxygens (including phenoxy) is 1. The molecule has 1 aliphatic heterocycles. The standard InChI is InChI=1S/C32H40Cl2N6O3.C2H6/c1-32(2,3)43-31(42)35-15-18-10-11-23(33)28(27(18)34)38-30-37-24-13-22(29(41)36-21-8-6-5-7-9-21)25(14-26(24)39(30)4)40-16-19-12-20(19)17-40;1-2/h10-11,13-14,19-21H,5-9,12,15-17H2,1-4H3,(H,35,42)(H,36,41)(H,37,38);1-2H3. The van der Waals surface area contributed by atoms with Crippen LogP contribution in [0, 0.1) is 11.8 Å². The van der Waals surface area contributed by atoms with Crippen LogP contribution in [0.5, 0.6) is 0 Å². The molecule has 0 radical (unpaired) electrons. The average Bonchev–Trinajstić information content (AvgIpc) is 3.49. The molecule has 2 aliphatic carbocycles. The first-order valence-electron chi connectivity index (χ1n) is 16.2. The van der Waals surface area contributed by atoms with Crippen LogP contribution < -0.4 is 20.9 Å². The van der Waals surface area contributed by atoms with Crippen LogP contribution in [0.1, 0.15) is 89.1 Å². The number of aromatic nitrogens is 2. The van der Waals surface area contributed by atoms with E-state index in [4.69, 9.17) is 32.9 Å². The number of alkyl carbamates (subject to hydrolysis) is 1. The van der Waals surface area contributed by atoms with Gasteiger partial charge in [0.2, 0.25) is 5.95 Å². The minimum absolute atomic E-state index is 0.0270. The first kappa shape index (κ1) is 33.2. The molecule has 1 aromatic heterocycles. The monoisotopic (exact) mass is 656 g/mol. The molecule has 3 aromatic rings. The Bertz CT molecular complexity index is 1550. The number of hydrogen-bond acceptors (Lipinski definition) is 6. The summed E-state index contributed by atoms with van der Waals surface area (Å²) < 4.78 is 7.30. The summed E-state index contributed by atoms with van der Waals surface area (Å²) in [5.41, 5.74) is 3.81. The number of hydrogen-bond donors (Lipinski definition) is 3. The number of benzene rings is 2. The smallest absolute Gasteiger partial charge is 0.407 e. The molecule has 2 saturated carbocycles. The first-order valence-corrected chi connectivity index (χ1v) is 17.0. The Balaban J connectivity index is 0.00000196. The zero-order valence-corrected chi connectivity index (χ0v) is 28.7. The van der Waals surface area contributed by atoms with E-state index in [0.29, 0.717) is 38.3 Å². The Morgan fingerprint density at radius 2 is 1.73 bits per heavy atom. The van der Waals surface area contributed by atoms with E-state index < -0.39 is 11.7 Å². The van der Waals surface area contributed by atoms with E-state index in [9.17, 15) is 9.59 Å². The minimum Gasteiger partial charge on any atom is -0.444 e. The lowest BCUT2D eigenvalue weighted by molar-refractivity contribution is 0.0523. The number of rotatable bonds is 7. The van der Waals surface area contributed by atoms with Gasteiger partial charge in [0.15, 0.2) is 0 Å². The normalized spacial score (nSPS) is 19.4. The second kappa shape index (κ2) is 13.7. The van der Waals surface area contributed by atoms with Gasteiger partial charge in [0.05, 0.1) is 38.0 Å². The van der Waals surface area contributed by atoms with Gasteiger partial charge < -0.3 is 30.2 Å². The molecule has 3 fully saturated rings. The van der Waals surface area contributed by atoms with E-state index >= 15 is 0 Å². The van der Waals surface area contributed by atoms with Crippen molar-refractivity contribution in [3.05, 3.63) is 45.4 Å². The van der Waals surface area contributed by atoms with Crippen molar-refractivity contribution >= 4 is 63.6 Å². The molecule has 2 amide bonds. The fourth-order valence-corrected chi connectivity index (χ4v) is 6.86. The summed E-state index contributed by atoms with van der Waals surface area (Å²) in [6, 6.07) is 7.74. The first-order chi connectivity index (χ1) is 21.5. The van der Waals surface area contributed by atoms with Gasteiger partial charge in [-0.3, -0.25) is 4.79 Å². The predicted molar refractivity (Wildman–Crippen MR) is 183 cm³/mol. The van der Waals surface area contributed by atoms with Crippen LogP contribution in [0.15, 0.2) is 24.3 Å². The van der Waals surface area contributed by atoms with Crippen molar-refractivity contribution < 1.29 is 14.3 Å². The van der Waals surface area contributed by atoms with Gasteiger partial charge in [-0.05, 0) is 75.6 Å². The number of anilines is 3. The second-order valence-electron chi connectivity index (χ2n) is 13.2. The lowest BCUT2D eigenvalue weighted by Crippen LogP contribution is -2.37. The Kier molecular flexibility index (Phi) is 10.1. The van der Waals surface area contributed by atoms with Crippen LogP contribution in [0.25, 0.3) is 11.0 Å². The van der Waals surface area contributed by atoms with E-state index in [1.807, 2.05) is 52.3 Å². The zero-order chi connectivity index (χ0) is 32.5. The largest absolute Gasteiger partial charge is 0.444 e. The van der Waals surface area contributed by atoms with Crippen molar-refractivity contribution in [2.45, 2.75) is 91.3 Å². The summed E-state index contributed by atoms with van der Waals surface area (Å²) in [4.78, 5) is 33.1. The van der Waals surface area contributed by atoms with Crippen molar-refractivity contribution in [2.24, 2.45) is 18.9 Å². The molecular formula is C34H46Cl2N6O3. The predicted octanol–water partition coefficient (Wildman–Crippen LogP) is 8.19. The molecule has 3 aliphatic rings. The number of aryl methyl sites for hydroxylation is 1. The van der Waals surface area contributed by atoms with Crippen LogP contribution in [0.4, 0.5) is 22.1 Å². The highest BCUT2D eigenvalue weighted by Gasteiger charge is 2.45. The maximum Gasteiger partial charge on any atom is 0.407 e. The number of carbonyl (C=O) groups is 2. The van der Waals surface area contributed by atoms with Crippen LogP contribution in [-0.2, 0) is 18.3 Å². The lowest BCUT2D eigenvalue weighted by atomic mass is 9.95. The summed E-state index contributed by atoms with van der Waals surface area (Å²) in [7, 11) is 1.93. The van der Waals surface area contributed by atoms with Gasteiger partial charge in [0.25, 0.3) is 5.91 Å². The van der Waals surface area contributed by atoms with E-state index in [1.54, 1.807) is 12.1 Å². The number of nitrogens with one attached hydrogen (secondary N) is 3. The third-order valence-electron chi connectivity index (χ3n) is 8.73. The van der Waals surface area contributed by atoms with Crippen molar-refractivity contribution in [3.63, 3.8) is 0 Å². The van der Waals surface area contributed by atoms with Crippen molar-refractivity contribution in [1.82, 2.24) is 20.2 Å². The lowest BCUT2D eigenvalue weighted by Gasteiger charge is -2.26. The Labute approximate surface area is 276 Å². The summed E-state index contributed by atoms with van der Waals surface area (Å²) >= 11 is 13.4. The van der Waals surface area contributed by atoms with Gasteiger partial charge in [0, 0.05) is 32.7 Å². The molecule has 3 N–H and O–H groups in total. The number of carbonyl (C=O) groups excluding carboxylic acids is 2. The number of imidazole rings is 1. The molecular weight excluding hydrogens is 611 g/mol. The van der Waals surface area contributed by atoms with E-state index in [1.165, 1.54) is 12.8 Å². The van der Waals surface area contributed by atoms with Gasteiger partial charge in [-0.1, -0.05) is 62.4 Å². The van der Waals surface area contributed by atoms with E-state index in [-0.39, 0.29) is 18.5 Å². The van der Waals surface area contributed by atoms with Gasteiger partial charge in [0.1, 0.15) is 5.60 Å². The molecule has 0 bridgehead atoms. The summed E-state index contributed by atoms with van der Waals surface area (Å²) in [6.45, 7) is 11.6. The molecule has 11 heteroatoms. The SMILES string of the molecule is CC.Cn1c(Nc2c(Cl)ccc(CNC(=O)OC(C)(C)C)c2Cl)nc2cc(C(=O)NC3CCCCC3)c(N3CC4CC4C3)cc21. The fraction of sp³-hybridized carbons (Fsp3) is 0.559. The summed E-state index contributed by atoms with van der Waals surface area (Å²) in [6.07, 6.45) is 6.37. The molecule has 2 atom stereocenters. The Morgan fingerprint density at radius 3 is 2.40 bits per heavy atom. The van der Waals surface area contributed by atoms with Gasteiger partial charge in [-0.2, -0.15) is 0 Å². The third kappa shape index (κ3) is 7.63. The Hall–Kier alpha value is -3.17. The van der Waals surface area contributed by atoms with E-state index in [0.717, 1.165) is 61.8 Å². The van der Waals surface area contributed by atoms with Crippen LogP contribution >= 0.6 is 23.2 Å². The molecule has 45 heavy (non-hydrogen) atoms. The number of nitrogens with zero attached hydrogens (tertiary/aromatic N) is 3. The molecule has 1 saturated heterocycles. The minimum atomic E-state index is -0.605. The number of amides is 2. The highest BCUT2D eigenvalue weighted by atomic mass is 35.5. The molecule has 6 rings (SSSR count). The average molecular weight is 658 g/mol. The molecule has 9 nitrogen and oxygen atoms in total. The van der Waals surface area contributed by atoms with Crippen molar-refractivity contribution in [3.8, 4) is 0 Å². The quantitative estimate of drug-likeness (QED) is 0.237. The van der Waals surface area contributed by atoms with Gasteiger partial charge in [-0.15, -0.1) is 0 Å². The fourth-order valence-electron chi connectivity index (χ4n) is 6.33. The van der Waals surface area contributed by atoms with Gasteiger partial charge in [-0.25, -0.2) is 9.78 Å². The molecule has 2 unspecified atom stereocenters. The highest BCUT2D eigenvalue weighted by molar-refractivity contribution is 6.39. The number of fused-ring (bicyclic) bond motifs is 2. The maximum atomic E-state index is 13.7. The maximum absolute atomic E-state index is 13.7. The van der Waals surface area contributed by atoms with Crippen LogP contribution in [-0.4, -0.2) is 46.3 Å². The highest BCUT2D eigenvalue weighted by Crippen LogP contribution is 2.47.